The van der Waals surface area contributed by atoms with E-state index in [-0.39, 0.29) is 23.0 Å². The molecular formula is C19H23FN6O. The molecule has 1 aromatic carbocycles. The molecule has 0 radical (unpaired) electrons. The molecule has 4 rings (SSSR count). The number of imidazole rings is 1. The van der Waals surface area contributed by atoms with Crippen LogP contribution in [0.15, 0.2) is 24.7 Å². The van der Waals surface area contributed by atoms with Gasteiger partial charge in [0.25, 0.3) is 0 Å². The number of benzene rings is 1. The SMILES string of the molecule is CCN1CCC[C@@H](Nc2nnc(-c3c(O)cc(C)cc3F)c3cncn23)C1. The maximum Gasteiger partial charge on any atom is 0.229 e. The zero-order valence-electron chi connectivity index (χ0n) is 15.5. The van der Waals surface area contributed by atoms with Crippen molar-refractivity contribution in [3.8, 4) is 17.0 Å². The molecule has 2 N–H and O–H groups in total. The van der Waals surface area contributed by atoms with E-state index >= 15 is 0 Å². The van der Waals surface area contributed by atoms with Crippen molar-refractivity contribution in [2.75, 3.05) is 25.0 Å². The molecule has 2 aromatic heterocycles. The Morgan fingerprint density at radius 3 is 2.96 bits per heavy atom. The monoisotopic (exact) mass is 370 g/mol. The number of nitrogens with zero attached hydrogens (tertiary/aromatic N) is 5. The van der Waals surface area contributed by atoms with Gasteiger partial charge in [0.1, 0.15) is 23.6 Å². The standard InChI is InChI=1S/C19H23FN6O/c1-3-25-6-4-5-13(10-25)22-19-24-23-18(15-9-21-11-26(15)19)17-14(20)7-12(2)8-16(17)27/h7-9,11,13,27H,3-6,10H2,1-2H3,(H,22,24)/t13-/m1/s1. The molecule has 0 amide bonds. The van der Waals surface area contributed by atoms with Crippen molar-refractivity contribution in [2.45, 2.75) is 32.7 Å². The van der Waals surface area contributed by atoms with E-state index in [4.69, 9.17) is 0 Å². The molecule has 0 aliphatic carbocycles. The Morgan fingerprint density at radius 1 is 1.33 bits per heavy atom. The average Bonchev–Trinajstić information content (AvgIpc) is 3.13. The van der Waals surface area contributed by atoms with Crippen LogP contribution >= 0.6 is 0 Å². The minimum Gasteiger partial charge on any atom is -0.507 e. The van der Waals surface area contributed by atoms with Gasteiger partial charge in [-0.3, -0.25) is 4.40 Å². The summed E-state index contributed by atoms with van der Waals surface area (Å²) >= 11 is 0. The zero-order chi connectivity index (χ0) is 19.0. The van der Waals surface area contributed by atoms with Crippen molar-refractivity contribution in [3.63, 3.8) is 0 Å². The van der Waals surface area contributed by atoms with E-state index in [0.29, 0.717) is 17.0 Å². The third-order valence-corrected chi connectivity index (χ3v) is 5.09. The number of piperidine rings is 1. The lowest BCUT2D eigenvalue weighted by molar-refractivity contribution is 0.226. The van der Waals surface area contributed by atoms with Gasteiger partial charge in [-0.15, -0.1) is 10.2 Å². The highest BCUT2D eigenvalue weighted by Crippen LogP contribution is 2.34. The Balaban J connectivity index is 1.71. The molecule has 7 nitrogen and oxygen atoms in total. The summed E-state index contributed by atoms with van der Waals surface area (Å²) in [7, 11) is 0. The van der Waals surface area contributed by atoms with E-state index in [9.17, 15) is 9.50 Å². The Labute approximate surface area is 156 Å². The number of aromatic hydroxyl groups is 1. The molecule has 1 saturated heterocycles. The van der Waals surface area contributed by atoms with Gasteiger partial charge in [-0.2, -0.15) is 0 Å². The molecule has 1 fully saturated rings. The number of aryl methyl sites for hydroxylation is 1. The lowest BCUT2D eigenvalue weighted by atomic mass is 10.1. The van der Waals surface area contributed by atoms with Gasteiger partial charge in [0.2, 0.25) is 5.95 Å². The van der Waals surface area contributed by atoms with Gasteiger partial charge in [0, 0.05) is 12.6 Å². The molecule has 0 unspecified atom stereocenters. The first kappa shape index (κ1) is 17.7. The number of hydrogen-bond acceptors (Lipinski definition) is 6. The van der Waals surface area contributed by atoms with Crippen LogP contribution < -0.4 is 5.32 Å². The number of likely N-dealkylation sites (tertiary alicyclic amines) is 1. The molecule has 142 valence electrons. The van der Waals surface area contributed by atoms with Crippen molar-refractivity contribution in [3.05, 3.63) is 36.0 Å². The number of anilines is 1. The van der Waals surface area contributed by atoms with Gasteiger partial charge >= 0.3 is 0 Å². The summed E-state index contributed by atoms with van der Waals surface area (Å²) < 4.78 is 16.3. The number of nitrogens with one attached hydrogen (secondary N) is 1. The summed E-state index contributed by atoms with van der Waals surface area (Å²) in [6.45, 7) is 6.97. The maximum absolute atomic E-state index is 14.5. The molecule has 3 aromatic rings. The normalized spacial score (nSPS) is 18.1. The van der Waals surface area contributed by atoms with Crippen molar-refractivity contribution in [1.82, 2.24) is 24.5 Å². The quantitative estimate of drug-likeness (QED) is 0.735. The smallest absolute Gasteiger partial charge is 0.229 e. The Kier molecular flexibility index (Phi) is 4.65. The Bertz CT molecular complexity index is 949. The molecule has 0 spiro atoms. The lowest BCUT2D eigenvalue weighted by Gasteiger charge is -2.32. The van der Waals surface area contributed by atoms with Crippen LogP contribution in [0.5, 0.6) is 5.75 Å². The highest BCUT2D eigenvalue weighted by Gasteiger charge is 2.22. The van der Waals surface area contributed by atoms with Gasteiger partial charge in [0.15, 0.2) is 0 Å². The third kappa shape index (κ3) is 3.32. The van der Waals surface area contributed by atoms with E-state index < -0.39 is 5.82 Å². The largest absolute Gasteiger partial charge is 0.507 e. The Hall–Kier alpha value is -2.74. The summed E-state index contributed by atoms with van der Waals surface area (Å²) in [6, 6.07) is 3.16. The predicted molar refractivity (Wildman–Crippen MR) is 101 cm³/mol. The van der Waals surface area contributed by atoms with Gasteiger partial charge in [0.05, 0.1) is 17.3 Å². The van der Waals surface area contributed by atoms with Crippen molar-refractivity contribution in [2.24, 2.45) is 0 Å². The van der Waals surface area contributed by atoms with E-state index in [1.54, 1.807) is 23.8 Å². The van der Waals surface area contributed by atoms with E-state index in [1.807, 2.05) is 0 Å². The summed E-state index contributed by atoms with van der Waals surface area (Å²) in [5.74, 6) is -0.117. The van der Waals surface area contributed by atoms with Crippen LogP contribution in [-0.2, 0) is 0 Å². The van der Waals surface area contributed by atoms with Crippen LogP contribution in [0.4, 0.5) is 10.3 Å². The van der Waals surface area contributed by atoms with Gasteiger partial charge in [-0.25, -0.2) is 9.37 Å². The molecule has 1 aliphatic rings. The molecule has 0 bridgehead atoms. The minimum absolute atomic E-state index is 0.0416. The summed E-state index contributed by atoms with van der Waals surface area (Å²) in [4.78, 5) is 6.57. The highest BCUT2D eigenvalue weighted by atomic mass is 19.1. The second kappa shape index (κ2) is 7.11. The molecule has 1 aliphatic heterocycles. The molecule has 27 heavy (non-hydrogen) atoms. The van der Waals surface area contributed by atoms with Crippen LogP contribution in [0.3, 0.4) is 0 Å². The highest BCUT2D eigenvalue weighted by molar-refractivity contribution is 5.81. The minimum atomic E-state index is -0.531. The number of likely N-dealkylation sites (N-methyl/N-ethyl adjacent to an activating group) is 1. The number of hydrogen-bond donors (Lipinski definition) is 2. The number of phenolic OH excluding ortho intramolecular Hbond substituents is 1. The summed E-state index contributed by atoms with van der Waals surface area (Å²) in [5, 5.41) is 22.2. The molecule has 3 heterocycles. The van der Waals surface area contributed by atoms with E-state index in [1.165, 1.54) is 12.1 Å². The second-order valence-electron chi connectivity index (χ2n) is 7.04. The number of halogens is 1. The van der Waals surface area contributed by atoms with Crippen molar-refractivity contribution >= 4 is 11.5 Å². The van der Waals surface area contributed by atoms with E-state index in [2.05, 4.69) is 32.3 Å². The van der Waals surface area contributed by atoms with Crippen molar-refractivity contribution < 1.29 is 9.50 Å². The third-order valence-electron chi connectivity index (χ3n) is 5.09. The molecular weight excluding hydrogens is 347 g/mol. The van der Waals surface area contributed by atoms with Crippen molar-refractivity contribution in [1.29, 1.82) is 0 Å². The van der Waals surface area contributed by atoms with Gasteiger partial charge < -0.3 is 15.3 Å². The van der Waals surface area contributed by atoms with Gasteiger partial charge in [-0.1, -0.05) is 6.92 Å². The first-order valence-corrected chi connectivity index (χ1v) is 9.24. The predicted octanol–water partition coefficient (Wildman–Crippen LogP) is 2.84. The van der Waals surface area contributed by atoms with Crippen LogP contribution in [0.2, 0.25) is 0 Å². The fourth-order valence-corrected chi connectivity index (χ4v) is 3.71. The fourth-order valence-electron chi connectivity index (χ4n) is 3.71. The summed E-state index contributed by atoms with van der Waals surface area (Å²) in [5.41, 5.74) is 1.54. The number of aromatic nitrogens is 4. The molecule has 1 atom stereocenters. The topological polar surface area (TPSA) is 78.6 Å². The second-order valence-corrected chi connectivity index (χ2v) is 7.04. The first-order chi connectivity index (χ1) is 13.1. The fraction of sp³-hybridized carbons (Fsp3) is 0.421. The lowest BCUT2D eigenvalue weighted by Crippen LogP contribution is -2.42. The van der Waals surface area contributed by atoms with Gasteiger partial charge in [-0.05, 0) is 50.6 Å². The molecule has 8 heteroatoms. The molecule has 0 saturated carbocycles. The van der Waals surface area contributed by atoms with Crippen LogP contribution in [0, 0.1) is 12.7 Å². The zero-order valence-corrected chi connectivity index (χ0v) is 15.5. The van der Waals surface area contributed by atoms with Crippen LogP contribution in [0.1, 0.15) is 25.3 Å². The summed E-state index contributed by atoms with van der Waals surface area (Å²) in [6.07, 6.45) is 5.42. The number of fused-ring (bicyclic) bond motifs is 1. The van der Waals surface area contributed by atoms with Crippen LogP contribution in [-0.4, -0.2) is 55.3 Å². The first-order valence-electron chi connectivity index (χ1n) is 9.24. The maximum atomic E-state index is 14.5. The number of phenols is 1. The Morgan fingerprint density at radius 2 is 2.19 bits per heavy atom. The van der Waals surface area contributed by atoms with E-state index in [0.717, 1.165) is 32.5 Å². The van der Waals surface area contributed by atoms with Crippen LogP contribution in [0.25, 0.3) is 16.8 Å². The number of rotatable bonds is 4. The average molecular weight is 370 g/mol.